The molecule has 0 aliphatic carbocycles. The van der Waals surface area contributed by atoms with Crippen LogP contribution >= 0.6 is 0 Å². The Morgan fingerprint density at radius 3 is 2.83 bits per heavy atom. The Morgan fingerprint density at radius 1 is 1.44 bits per heavy atom. The molecule has 0 amide bonds. The molecule has 1 unspecified atom stereocenters. The molecule has 0 spiro atoms. The predicted molar refractivity (Wildman–Crippen MR) is 63.3 cm³/mol. The molecule has 2 aromatic rings. The predicted octanol–water partition coefficient (Wildman–Crippen LogP) is 1.45. The van der Waals surface area contributed by atoms with E-state index in [0.29, 0.717) is 6.42 Å². The first-order valence-corrected chi connectivity index (χ1v) is 5.49. The van der Waals surface area contributed by atoms with E-state index in [9.17, 15) is 8.78 Å². The van der Waals surface area contributed by atoms with Crippen LogP contribution in [0.5, 0.6) is 0 Å². The first-order chi connectivity index (χ1) is 8.61. The zero-order chi connectivity index (χ0) is 13.1. The lowest BCUT2D eigenvalue weighted by Gasteiger charge is -2.16. The minimum absolute atomic E-state index is 0.210. The van der Waals surface area contributed by atoms with Gasteiger partial charge in [0.25, 0.3) is 0 Å². The normalized spacial score (nSPS) is 12.7. The quantitative estimate of drug-likeness (QED) is 0.639. The van der Waals surface area contributed by atoms with Crippen LogP contribution in [0.25, 0.3) is 0 Å². The third-order valence-electron chi connectivity index (χ3n) is 2.76. The molecule has 4 nitrogen and oxygen atoms in total. The lowest BCUT2D eigenvalue weighted by molar-refractivity contribution is 0.464. The van der Waals surface area contributed by atoms with Crippen LogP contribution in [0.2, 0.25) is 0 Å². The maximum absolute atomic E-state index is 13.7. The number of hydrogen-bond donors (Lipinski definition) is 2. The highest BCUT2D eigenvalue weighted by Crippen LogP contribution is 2.22. The van der Waals surface area contributed by atoms with Gasteiger partial charge in [0.1, 0.15) is 0 Å². The van der Waals surface area contributed by atoms with Gasteiger partial charge in [-0.15, -0.1) is 0 Å². The molecule has 18 heavy (non-hydrogen) atoms. The second kappa shape index (κ2) is 5.24. The fourth-order valence-electron chi connectivity index (χ4n) is 1.86. The maximum Gasteiger partial charge on any atom is 0.163 e. The molecule has 0 bridgehead atoms. The van der Waals surface area contributed by atoms with Crippen LogP contribution in [0.15, 0.2) is 30.6 Å². The van der Waals surface area contributed by atoms with Crippen molar-refractivity contribution >= 4 is 0 Å². The summed E-state index contributed by atoms with van der Waals surface area (Å²) in [5, 5.41) is 4.02. The second-order valence-corrected chi connectivity index (χ2v) is 4.09. The molecule has 0 fully saturated rings. The summed E-state index contributed by atoms with van der Waals surface area (Å²) >= 11 is 0. The monoisotopic (exact) mass is 252 g/mol. The van der Waals surface area contributed by atoms with Crippen molar-refractivity contribution in [1.82, 2.24) is 15.2 Å². The van der Waals surface area contributed by atoms with Crippen LogP contribution in [0, 0.1) is 11.6 Å². The number of nitrogens with one attached hydrogen (secondary N) is 1. The van der Waals surface area contributed by atoms with Gasteiger partial charge >= 0.3 is 0 Å². The fourth-order valence-corrected chi connectivity index (χ4v) is 1.86. The van der Waals surface area contributed by atoms with Gasteiger partial charge in [0.2, 0.25) is 0 Å². The molecule has 1 heterocycles. The second-order valence-electron chi connectivity index (χ2n) is 4.09. The van der Waals surface area contributed by atoms with Crippen LogP contribution in [0.1, 0.15) is 17.2 Å². The van der Waals surface area contributed by atoms with Crippen LogP contribution in [-0.2, 0) is 13.5 Å². The van der Waals surface area contributed by atoms with E-state index in [1.807, 2.05) is 6.20 Å². The largest absolute Gasteiger partial charge is 0.276 e. The van der Waals surface area contributed by atoms with Gasteiger partial charge in [-0.1, -0.05) is 12.1 Å². The van der Waals surface area contributed by atoms with E-state index in [4.69, 9.17) is 5.84 Å². The first kappa shape index (κ1) is 12.7. The van der Waals surface area contributed by atoms with Gasteiger partial charge in [-0.25, -0.2) is 8.78 Å². The highest BCUT2D eigenvalue weighted by atomic mass is 19.2. The SMILES string of the molecule is Cn1cc(CC(NN)c2cccc(F)c2F)cn1. The molecule has 6 heteroatoms. The maximum atomic E-state index is 13.7. The number of aromatic nitrogens is 2. The van der Waals surface area contributed by atoms with Crippen LogP contribution in [0.3, 0.4) is 0 Å². The average molecular weight is 252 g/mol. The van der Waals surface area contributed by atoms with Crippen molar-refractivity contribution < 1.29 is 8.78 Å². The number of nitrogens with zero attached hydrogens (tertiary/aromatic N) is 2. The van der Waals surface area contributed by atoms with Gasteiger partial charge in [0.15, 0.2) is 11.6 Å². The van der Waals surface area contributed by atoms with E-state index in [0.717, 1.165) is 11.6 Å². The van der Waals surface area contributed by atoms with Crippen LogP contribution in [-0.4, -0.2) is 9.78 Å². The summed E-state index contributed by atoms with van der Waals surface area (Å²) in [7, 11) is 1.79. The van der Waals surface area contributed by atoms with Crippen molar-refractivity contribution in [3.05, 3.63) is 53.4 Å². The topological polar surface area (TPSA) is 55.9 Å². The van der Waals surface area contributed by atoms with Crippen molar-refractivity contribution in [2.45, 2.75) is 12.5 Å². The van der Waals surface area contributed by atoms with Gasteiger partial charge in [-0.3, -0.25) is 16.0 Å². The summed E-state index contributed by atoms with van der Waals surface area (Å²) in [6.07, 6.45) is 3.91. The highest BCUT2D eigenvalue weighted by Gasteiger charge is 2.18. The summed E-state index contributed by atoms with van der Waals surface area (Å²) < 4.78 is 28.5. The summed E-state index contributed by atoms with van der Waals surface area (Å²) in [6, 6.07) is 3.56. The summed E-state index contributed by atoms with van der Waals surface area (Å²) in [5.41, 5.74) is 3.60. The van der Waals surface area contributed by atoms with Crippen molar-refractivity contribution in [3.63, 3.8) is 0 Å². The molecule has 0 aliphatic rings. The molecule has 1 atom stereocenters. The number of benzene rings is 1. The Morgan fingerprint density at radius 2 is 2.22 bits per heavy atom. The molecular formula is C12H14F2N4. The van der Waals surface area contributed by atoms with Crippen molar-refractivity contribution in [2.75, 3.05) is 0 Å². The number of rotatable bonds is 4. The standard InChI is InChI=1S/C12H14F2N4/c1-18-7-8(6-16-18)5-11(17-15)9-3-2-4-10(13)12(9)14/h2-4,6-7,11,17H,5,15H2,1H3. The number of halogens is 2. The summed E-state index contributed by atoms with van der Waals surface area (Å²) in [5.74, 6) is 3.67. The van der Waals surface area contributed by atoms with Crippen molar-refractivity contribution in [1.29, 1.82) is 0 Å². The van der Waals surface area contributed by atoms with Crippen molar-refractivity contribution in [2.24, 2.45) is 12.9 Å². The van der Waals surface area contributed by atoms with E-state index in [1.54, 1.807) is 17.9 Å². The van der Waals surface area contributed by atoms with Crippen molar-refractivity contribution in [3.8, 4) is 0 Å². The molecule has 0 saturated carbocycles. The van der Waals surface area contributed by atoms with E-state index in [2.05, 4.69) is 10.5 Å². The minimum Gasteiger partial charge on any atom is -0.276 e. The summed E-state index contributed by atoms with van der Waals surface area (Å²) in [6.45, 7) is 0. The lowest BCUT2D eigenvalue weighted by atomic mass is 10.0. The zero-order valence-corrected chi connectivity index (χ0v) is 9.90. The number of hydrazine groups is 1. The first-order valence-electron chi connectivity index (χ1n) is 5.49. The zero-order valence-electron chi connectivity index (χ0n) is 9.90. The number of aryl methyl sites for hydroxylation is 1. The molecule has 0 radical (unpaired) electrons. The fraction of sp³-hybridized carbons (Fsp3) is 0.250. The van der Waals surface area contributed by atoms with E-state index in [-0.39, 0.29) is 5.56 Å². The molecule has 96 valence electrons. The van der Waals surface area contributed by atoms with Gasteiger partial charge in [-0.05, 0) is 18.1 Å². The molecule has 1 aromatic heterocycles. The third kappa shape index (κ3) is 2.55. The van der Waals surface area contributed by atoms with Gasteiger partial charge in [0, 0.05) is 18.8 Å². The molecule has 3 N–H and O–H groups in total. The van der Waals surface area contributed by atoms with Crippen LogP contribution < -0.4 is 11.3 Å². The molecule has 0 saturated heterocycles. The Kier molecular flexibility index (Phi) is 3.69. The van der Waals surface area contributed by atoms with Gasteiger partial charge in [0.05, 0.1) is 12.2 Å². The Bertz CT molecular complexity index is 539. The molecule has 2 rings (SSSR count). The third-order valence-corrected chi connectivity index (χ3v) is 2.76. The van der Waals surface area contributed by atoms with Gasteiger partial charge in [-0.2, -0.15) is 5.10 Å². The number of nitrogens with two attached hydrogens (primary N) is 1. The van der Waals surface area contributed by atoms with Gasteiger partial charge < -0.3 is 0 Å². The lowest BCUT2D eigenvalue weighted by Crippen LogP contribution is -2.30. The minimum atomic E-state index is -0.876. The molecule has 0 aliphatic heterocycles. The smallest absolute Gasteiger partial charge is 0.163 e. The number of hydrogen-bond acceptors (Lipinski definition) is 3. The average Bonchev–Trinajstić information content (AvgIpc) is 2.76. The summed E-state index contributed by atoms with van der Waals surface area (Å²) in [4.78, 5) is 0. The molecular weight excluding hydrogens is 238 g/mol. The van der Waals surface area contributed by atoms with Crippen LogP contribution in [0.4, 0.5) is 8.78 Å². The van der Waals surface area contributed by atoms with E-state index >= 15 is 0 Å². The Labute approximate surface area is 103 Å². The van der Waals surface area contributed by atoms with E-state index in [1.165, 1.54) is 12.1 Å². The van der Waals surface area contributed by atoms with E-state index < -0.39 is 17.7 Å². The Hall–Kier alpha value is -1.79. The Balaban J connectivity index is 2.25. The highest BCUT2D eigenvalue weighted by molar-refractivity contribution is 5.24. The molecule has 1 aromatic carbocycles.